The van der Waals surface area contributed by atoms with Crippen LogP contribution in [0.5, 0.6) is 11.5 Å². The van der Waals surface area contributed by atoms with Gasteiger partial charge in [0.15, 0.2) is 16.6 Å². The van der Waals surface area contributed by atoms with E-state index in [0.717, 1.165) is 40.6 Å². The lowest BCUT2D eigenvalue weighted by molar-refractivity contribution is 0.287. The lowest BCUT2D eigenvalue weighted by atomic mass is 10.2. The Balaban J connectivity index is 1.56. The van der Waals surface area contributed by atoms with E-state index in [1.165, 1.54) is 0 Å². The molecule has 0 spiro atoms. The number of anilines is 1. The van der Waals surface area contributed by atoms with Crippen molar-refractivity contribution in [3.8, 4) is 11.5 Å². The molecule has 2 N–H and O–H groups in total. The Kier molecular flexibility index (Phi) is 7.88. The van der Waals surface area contributed by atoms with Crippen molar-refractivity contribution in [2.24, 2.45) is 0 Å². The Bertz CT molecular complexity index is 1010. The van der Waals surface area contributed by atoms with Crippen LogP contribution >= 0.6 is 12.2 Å². The Hall–Kier alpha value is -3.07. The molecule has 9 heteroatoms. The highest BCUT2D eigenvalue weighted by atomic mass is 32.1. The van der Waals surface area contributed by atoms with E-state index in [4.69, 9.17) is 21.7 Å². The molecule has 0 amide bonds. The molecule has 8 nitrogen and oxygen atoms in total. The first-order valence-corrected chi connectivity index (χ1v) is 10.9. The summed E-state index contributed by atoms with van der Waals surface area (Å²) in [5, 5.41) is 15.8. The summed E-state index contributed by atoms with van der Waals surface area (Å²) < 4.78 is 15.1. The number of aryl methyl sites for hydroxylation is 2. The van der Waals surface area contributed by atoms with Crippen molar-refractivity contribution in [1.82, 2.24) is 24.9 Å². The summed E-state index contributed by atoms with van der Waals surface area (Å²) in [5.41, 5.74) is 4.04. The molecule has 166 valence electrons. The number of ether oxygens (including phenoxy) is 2. The minimum Gasteiger partial charge on any atom is -0.490 e. The van der Waals surface area contributed by atoms with Gasteiger partial charge < -0.3 is 20.1 Å². The summed E-state index contributed by atoms with van der Waals surface area (Å²) in [4.78, 5) is 0. The van der Waals surface area contributed by atoms with Gasteiger partial charge in [-0.25, -0.2) is 0 Å². The molecule has 2 heterocycles. The maximum atomic E-state index is 5.71. The van der Waals surface area contributed by atoms with Gasteiger partial charge in [0.25, 0.3) is 0 Å². The molecular formula is C22H30N6O2S. The molecule has 0 aliphatic rings. The van der Waals surface area contributed by atoms with Crippen molar-refractivity contribution in [2.45, 2.75) is 47.3 Å². The van der Waals surface area contributed by atoms with Gasteiger partial charge in [0.05, 0.1) is 37.3 Å². The van der Waals surface area contributed by atoms with E-state index in [1.807, 2.05) is 60.7 Å². The third-order valence-electron chi connectivity index (χ3n) is 4.65. The molecule has 1 aromatic carbocycles. The number of thiocarbonyl (C=S) groups is 1. The van der Waals surface area contributed by atoms with E-state index in [1.54, 1.807) is 6.20 Å². The first-order valence-electron chi connectivity index (χ1n) is 10.5. The van der Waals surface area contributed by atoms with Gasteiger partial charge in [-0.15, -0.1) is 0 Å². The molecule has 0 fully saturated rings. The molecule has 0 aliphatic carbocycles. The topological polar surface area (TPSA) is 78.2 Å². The number of hydrogen-bond donors (Lipinski definition) is 2. The summed E-state index contributed by atoms with van der Waals surface area (Å²) in [5.74, 6) is 1.51. The highest BCUT2D eigenvalue weighted by molar-refractivity contribution is 7.80. The van der Waals surface area contributed by atoms with E-state index >= 15 is 0 Å². The van der Waals surface area contributed by atoms with Crippen LogP contribution in [0.1, 0.15) is 37.6 Å². The standard InChI is InChI=1S/C22H30N6O2S/c1-5-27-14-18(16(4)26-27)11-23-22(31)25-19-12-24-28(15-19)13-17-8-9-20(29-6-2)21(10-17)30-7-3/h8-10,12,14-15H,5-7,11,13H2,1-4H3,(H2,23,25,31). The Morgan fingerprint density at radius 3 is 2.55 bits per heavy atom. The van der Waals surface area contributed by atoms with Gasteiger partial charge in [-0.3, -0.25) is 9.36 Å². The van der Waals surface area contributed by atoms with Gasteiger partial charge in [-0.2, -0.15) is 10.2 Å². The molecule has 3 rings (SSSR count). The minimum atomic E-state index is 0.544. The van der Waals surface area contributed by atoms with Crippen LogP contribution in [0.15, 0.2) is 36.8 Å². The second-order valence-electron chi connectivity index (χ2n) is 6.98. The minimum absolute atomic E-state index is 0.544. The van der Waals surface area contributed by atoms with Gasteiger partial charge >= 0.3 is 0 Å². The molecule has 0 atom stereocenters. The van der Waals surface area contributed by atoms with Gasteiger partial charge in [0.1, 0.15) is 0 Å². The van der Waals surface area contributed by atoms with Crippen molar-refractivity contribution >= 4 is 23.0 Å². The molecule has 2 aromatic heterocycles. The van der Waals surface area contributed by atoms with E-state index in [9.17, 15) is 0 Å². The summed E-state index contributed by atoms with van der Waals surface area (Å²) in [6.07, 6.45) is 5.72. The Labute approximate surface area is 188 Å². The van der Waals surface area contributed by atoms with Crippen molar-refractivity contribution in [3.05, 3.63) is 53.6 Å². The molecule has 0 bridgehead atoms. The third kappa shape index (κ3) is 6.21. The molecular weight excluding hydrogens is 412 g/mol. The zero-order valence-electron chi connectivity index (χ0n) is 18.5. The smallest absolute Gasteiger partial charge is 0.171 e. The fraction of sp³-hybridized carbons (Fsp3) is 0.409. The van der Waals surface area contributed by atoms with Crippen LogP contribution in [0.3, 0.4) is 0 Å². The Morgan fingerprint density at radius 2 is 1.84 bits per heavy atom. The molecule has 3 aromatic rings. The van der Waals surface area contributed by atoms with Crippen LogP contribution in [-0.4, -0.2) is 37.9 Å². The average Bonchev–Trinajstić information content (AvgIpc) is 3.34. The first-order chi connectivity index (χ1) is 15.0. The number of hydrogen-bond acceptors (Lipinski definition) is 5. The van der Waals surface area contributed by atoms with E-state index in [2.05, 4.69) is 27.8 Å². The molecule has 0 saturated heterocycles. The van der Waals surface area contributed by atoms with E-state index in [-0.39, 0.29) is 0 Å². The average molecular weight is 443 g/mol. The number of nitrogens with one attached hydrogen (secondary N) is 2. The van der Waals surface area contributed by atoms with Crippen LogP contribution in [0.2, 0.25) is 0 Å². The predicted molar refractivity (Wildman–Crippen MR) is 126 cm³/mol. The number of aromatic nitrogens is 4. The van der Waals surface area contributed by atoms with Crippen LogP contribution in [0.4, 0.5) is 5.69 Å². The second-order valence-corrected chi connectivity index (χ2v) is 7.39. The summed E-state index contributed by atoms with van der Waals surface area (Å²) in [6, 6.07) is 5.95. The van der Waals surface area contributed by atoms with Gasteiger partial charge in [-0.05, 0) is 57.6 Å². The van der Waals surface area contributed by atoms with Gasteiger partial charge in [-0.1, -0.05) is 6.07 Å². The molecule has 0 saturated carbocycles. The second kappa shape index (κ2) is 10.8. The number of benzene rings is 1. The zero-order valence-corrected chi connectivity index (χ0v) is 19.3. The summed E-state index contributed by atoms with van der Waals surface area (Å²) in [7, 11) is 0. The third-order valence-corrected chi connectivity index (χ3v) is 4.90. The van der Waals surface area contributed by atoms with Crippen molar-refractivity contribution in [2.75, 3.05) is 18.5 Å². The van der Waals surface area contributed by atoms with Crippen molar-refractivity contribution in [3.63, 3.8) is 0 Å². The lowest BCUT2D eigenvalue weighted by Crippen LogP contribution is -2.27. The monoisotopic (exact) mass is 442 g/mol. The highest BCUT2D eigenvalue weighted by Crippen LogP contribution is 2.28. The lowest BCUT2D eigenvalue weighted by Gasteiger charge is -2.12. The summed E-state index contributed by atoms with van der Waals surface area (Å²) in [6.45, 7) is 11.3. The number of rotatable bonds is 10. The fourth-order valence-electron chi connectivity index (χ4n) is 3.14. The largest absolute Gasteiger partial charge is 0.490 e. The summed E-state index contributed by atoms with van der Waals surface area (Å²) >= 11 is 5.42. The Morgan fingerprint density at radius 1 is 1.06 bits per heavy atom. The normalized spacial score (nSPS) is 10.7. The van der Waals surface area contributed by atoms with Gasteiger partial charge in [0.2, 0.25) is 0 Å². The predicted octanol–water partition coefficient (Wildman–Crippen LogP) is 3.74. The van der Waals surface area contributed by atoms with Crippen LogP contribution in [-0.2, 0) is 19.6 Å². The van der Waals surface area contributed by atoms with E-state index in [0.29, 0.717) is 31.4 Å². The molecule has 31 heavy (non-hydrogen) atoms. The van der Waals surface area contributed by atoms with Gasteiger partial charge in [0, 0.05) is 31.0 Å². The number of nitrogens with zero attached hydrogens (tertiary/aromatic N) is 4. The highest BCUT2D eigenvalue weighted by Gasteiger charge is 2.09. The van der Waals surface area contributed by atoms with E-state index < -0.39 is 0 Å². The maximum absolute atomic E-state index is 5.71. The SMILES string of the molecule is CCOc1ccc(Cn2cc(NC(=S)NCc3cn(CC)nc3C)cn2)cc1OCC. The fourth-order valence-corrected chi connectivity index (χ4v) is 3.33. The van der Waals surface area contributed by atoms with Crippen molar-refractivity contribution in [1.29, 1.82) is 0 Å². The maximum Gasteiger partial charge on any atom is 0.171 e. The molecule has 0 radical (unpaired) electrons. The quantitative estimate of drug-likeness (QED) is 0.463. The molecule has 0 aliphatic heterocycles. The zero-order chi connectivity index (χ0) is 22.2. The molecule has 0 unspecified atom stereocenters. The van der Waals surface area contributed by atoms with Crippen molar-refractivity contribution < 1.29 is 9.47 Å². The van der Waals surface area contributed by atoms with Crippen LogP contribution in [0, 0.1) is 6.92 Å². The first kappa shape index (κ1) is 22.6. The van der Waals surface area contributed by atoms with Crippen LogP contribution in [0.25, 0.3) is 0 Å². The van der Waals surface area contributed by atoms with Crippen LogP contribution < -0.4 is 20.1 Å².